The SMILES string of the molecule is CCCNc1ncc(F)c(Nc2ccc(Br)cc2C#N)n1. The van der Waals surface area contributed by atoms with Gasteiger partial charge in [0.15, 0.2) is 11.6 Å². The van der Waals surface area contributed by atoms with E-state index in [-0.39, 0.29) is 5.82 Å². The Kier molecular flexibility index (Phi) is 5.06. The molecule has 1 aromatic carbocycles. The summed E-state index contributed by atoms with van der Waals surface area (Å²) in [6.45, 7) is 2.71. The van der Waals surface area contributed by atoms with Crippen LogP contribution in [0.2, 0.25) is 0 Å². The number of anilines is 3. The number of halogens is 2. The molecule has 1 aromatic heterocycles. The number of hydrogen-bond acceptors (Lipinski definition) is 5. The first-order valence-electron chi connectivity index (χ1n) is 6.37. The second kappa shape index (κ2) is 6.99. The fourth-order valence-electron chi connectivity index (χ4n) is 1.62. The van der Waals surface area contributed by atoms with Crippen LogP contribution in [0.15, 0.2) is 28.9 Å². The van der Waals surface area contributed by atoms with Gasteiger partial charge in [-0.2, -0.15) is 10.2 Å². The van der Waals surface area contributed by atoms with Gasteiger partial charge in [0, 0.05) is 11.0 Å². The van der Waals surface area contributed by atoms with Crippen molar-refractivity contribution >= 4 is 33.4 Å². The number of benzene rings is 1. The van der Waals surface area contributed by atoms with E-state index in [0.29, 0.717) is 23.7 Å². The molecule has 0 bridgehead atoms. The van der Waals surface area contributed by atoms with E-state index in [2.05, 4.69) is 42.6 Å². The molecule has 0 unspecified atom stereocenters. The van der Waals surface area contributed by atoms with Gasteiger partial charge in [0.25, 0.3) is 0 Å². The third-order valence-corrected chi connectivity index (χ3v) is 3.13. The molecule has 108 valence electrons. The number of aromatic nitrogens is 2. The smallest absolute Gasteiger partial charge is 0.224 e. The van der Waals surface area contributed by atoms with E-state index < -0.39 is 5.82 Å². The normalized spacial score (nSPS) is 10.0. The Morgan fingerprint density at radius 3 is 2.95 bits per heavy atom. The molecule has 21 heavy (non-hydrogen) atoms. The topological polar surface area (TPSA) is 73.6 Å². The molecule has 0 spiro atoms. The van der Waals surface area contributed by atoms with Crippen LogP contribution in [0.5, 0.6) is 0 Å². The standard InChI is InChI=1S/C14H13BrFN5/c1-2-5-18-14-19-8-11(16)13(21-14)20-12-4-3-10(15)6-9(12)7-17/h3-4,6,8H,2,5H2,1H3,(H2,18,19,20,21). The van der Waals surface area contributed by atoms with E-state index in [4.69, 9.17) is 5.26 Å². The third-order valence-electron chi connectivity index (χ3n) is 2.63. The minimum atomic E-state index is -0.580. The van der Waals surface area contributed by atoms with Crippen molar-refractivity contribution in [2.24, 2.45) is 0 Å². The van der Waals surface area contributed by atoms with E-state index >= 15 is 0 Å². The maximum Gasteiger partial charge on any atom is 0.224 e. The van der Waals surface area contributed by atoms with Crippen LogP contribution in [0.3, 0.4) is 0 Å². The molecule has 1 heterocycles. The lowest BCUT2D eigenvalue weighted by molar-refractivity contribution is 0.619. The molecule has 0 saturated heterocycles. The van der Waals surface area contributed by atoms with Gasteiger partial charge in [-0.25, -0.2) is 9.37 Å². The van der Waals surface area contributed by atoms with E-state index in [1.165, 1.54) is 0 Å². The zero-order valence-electron chi connectivity index (χ0n) is 11.3. The predicted octanol–water partition coefficient (Wildman–Crippen LogP) is 3.82. The lowest BCUT2D eigenvalue weighted by Crippen LogP contribution is -2.07. The predicted molar refractivity (Wildman–Crippen MR) is 82.9 cm³/mol. The molecule has 0 aliphatic rings. The number of nitrogens with zero attached hydrogens (tertiary/aromatic N) is 3. The molecule has 0 amide bonds. The van der Waals surface area contributed by atoms with Crippen LogP contribution in [0.4, 0.5) is 21.8 Å². The molecule has 0 radical (unpaired) electrons. The van der Waals surface area contributed by atoms with Crippen LogP contribution in [0.1, 0.15) is 18.9 Å². The zero-order valence-corrected chi connectivity index (χ0v) is 12.9. The van der Waals surface area contributed by atoms with Crippen molar-refractivity contribution in [2.75, 3.05) is 17.2 Å². The van der Waals surface area contributed by atoms with Gasteiger partial charge in [-0.3, -0.25) is 0 Å². The highest BCUT2D eigenvalue weighted by Crippen LogP contribution is 2.24. The molecule has 2 aromatic rings. The Labute approximate surface area is 130 Å². The molecule has 7 heteroatoms. The van der Waals surface area contributed by atoms with Crippen molar-refractivity contribution in [2.45, 2.75) is 13.3 Å². The first-order valence-corrected chi connectivity index (χ1v) is 7.16. The summed E-state index contributed by atoms with van der Waals surface area (Å²) in [7, 11) is 0. The Balaban J connectivity index is 2.29. The minimum Gasteiger partial charge on any atom is -0.354 e. The van der Waals surface area contributed by atoms with E-state index in [1.54, 1.807) is 18.2 Å². The monoisotopic (exact) mass is 349 g/mol. The van der Waals surface area contributed by atoms with Gasteiger partial charge in [0.05, 0.1) is 17.4 Å². The molecule has 2 rings (SSSR count). The lowest BCUT2D eigenvalue weighted by Gasteiger charge is -2.10. The van der Waals surface area contributed by atoms with Crippen molar-refractivity contribution in [1.82, 2.24) is 9.97 Å². The minimum absolute atomic E-state index is 0.0300. The molecular formula is C14H13BrFN5. The Morgan fingerprint density at radius 2 is 2.24 bits per heavy atom. The Morgan fingerprint density at radius 1 is 1.43 bits per heavy atom. The fourth-order valence-corrected chi connectivity index (χ4v) is 1.98. The number of nitrogens with one attached hydrogen (secondary N) is 2. The van der Waals surface area contributed by atoms with Crippen LogP contribution < -0.4 is 10.6 Å². The fraction of sp³-hybridized carbons (Fsp3) is 0.214. The van der Waals surface area contributed by atoms with Crippen molar-refractivity contribution in [3.05, 3.63) is 40.2 Å². The van der Waals surface area contributed by atoms with Crippen LogP contribution in [-0.4, -0.2) is 16.5 Å². The van der Waals surface area contributed by atoms with E-state index in [0.717, 1.165) is 17.1 Å². The van der Waals surface area contributed by atoms with Gasteiger partial charge in [-0.05, 0) is 24.6 Å². The molecule has 0 atom stereocenters. The third kappa shape index (κ3) is 3.89. The van der Waals surface area contributed by atoms with Crippen molar-refractivity contribution in [3.63, 3.8) is 0 Å². The maximum absolute atomic E-state index is 13.8. The largest absolute Gasteiger partial charge is 0.354 e. The molecule has 5 nitrogen and oxygen atoms in total. The summed E-state index contributed by atoms with van der Waals surface area (Å²) in [5.74, 6) is -0.206. The van der Waals surface area contributed by atoms with Gasteiger partial charge >= 0.3 is 0 Å². The summed E-state index contributed by atoms with van der Waals surface area (Å²) in [6, 6.07) is 7.15. The maximum atomic E-state index is 13.8. The van der Waals surface area contributed by atoms with Crippen LogP contribution in [0, 0.1) is 17.1 Å². The average molecular weight is 350 g/mol. The molecule has 0 aliphatic heterocycles. The van der Waals surface area contributed by atoms with E-state index in [1.807, 2.05) is 6.92 Å². The van der Waals surface area contributed by atoms with Crippen molar-refractivity contribution in [1.29, 1.82) is 5.26 Å². The van der Waals surface area contributed by atoms with Crippen LogP contribution in [-0.2, 0) is 0 Å². The molecule has 0 aliphatic carbocycles. The van der Waals surface area contributed by atoms with Crippen LogP contribution in [0.25, 0.3) is 0 Å². The highest BCUT2D eigenvalue weighted by molar-refractivity contribution is 9.10. The Hall–Kier alpha value is -2.20. The summed E-state index contributed by atoms with van der Waals surface area (Å²) < 4.78 is 14.6. The second-order valence-corrected chi connectivity index (χ2v) is 5.16. The first kappa shape index (κ1) is 15.2. The van der Waals surface area contributed by atoms with Gasteiger partial charge in [0.1, 0.15) is 6.07 Å². The summed E-state index contributed by atoms with van der Waals surface area (Å²) in [5, 5.41) is 14.9. The lowest BCUT2D eigenvalue weighted by atomic mass is 10.2. The average Bonchev–Trinajstić information content (AvgIpc) is 2.49. The van der Waals surface area contributed by atoms with Crippen molar-refractivity contribution in [3.8, 4) is 6.07 Å². The van der Waals surface area contributed by atoms with Gasteiger partial charge in [-0.15, -0.1) is 0 Å². The van der Waals surface area contributed by atoms with Gasteiger partial charge in [0.2, 0.25) is 5.95 Å². The zero-order chi connectivity index (χ0) is 15.2. The number of nitriles is 1. The highest BCUT2D eigenvalue weighted by Gasteiger charge is 2.10. The molecular weight excluding hydrogens is 337 g/mol. The summed E-state index contributed by atoms with van der Waals surface area (Å²) in [6.07, 6.45) is 2.01. The summed E-state index contributed by atoms with van der Waals surface area (Å²) in [5.41, 5.74) is 0.880. The first-order chi connectivity index (χ1) is 10.1. The second-order valence-electron chi connectivity index (χ2n) is 4.24. The van der Waals surface area contributed by atoms with Gasteiger partial charge < -0.3 is 10.6 Å². The number of rotatable bonds is 5. The van der Waals surface area contributed by atoms with E-state index in [9.17, 15) is 4.39 Å². The van der Waals surface area contributed by atoms with Crippen LogP contribution >= 0.6 is 15.9 Å². The molecule has 0 fully saturated rings. The Bertz CT molecular complexity index is 684. The quantitative estimate of drug-likeness (QED) is 0.858. The summed E-state index contributed by atoms with van der Waals surface area (Å²) in [4.78, 5) is 7.94. The highest BCUT2D eigenvalue weighted by atomic mass is 79.9. The van der Waals surface area contributed by atoms with Gasteiger partial charge in [-0.1, -0.05) is 22.9 Å². The number of hydrogen-bond donors (Lipinski definition) is 2. The summed E-state index contributed by atoms with van der Waals surface area (Å²) >= 11 is 3.29. The molecule has 2 N–H and O–H groups in total. The van der Waals surface area contributed by atoms with Crippen molar-refractivity contribution < 1.29 is 4.39 Å². The molecule has 0 saturated carbocycles.